The van der Waals surface area contributed by atoms with Crippen molar-refractivity contribution in [3.05, 3.63) is 72.7 Å². The maximum Gasteiger partial charge on any atom is 0.274 e. The van der Waals surface area contributed by atoms with Crippen LogP contribution in [0.4, 0.5) is 11.4 Å². The minimum Gasteiger partial charge on any atom is -0.326 e. The van der Waals surface area contributed by atoms with E-state index in [2.05, 4.69) is 25.8 Å². The first-order chi connectivity index (χ1) is 13.6. The Morgan fingerprint density at radius 2 is 1.79 bits per heavy atom. The Labute approximate surface area is 160 Å². The number of carbonyl (C=O) groups is 2. The summed E-state index contributed by atoms with van der Waals surface area (Å²) in [5.74, 6) is -0.410. The van der Waals surface area contributed by atoms with Crippen molar-refractivity contribution in [3.63, 3.8) is 0 Å². The van der Waals surface area contributed by atoms with Crippen molar-refractivity contribution in [2.45, 2.75) is 6.92 Å². The fraction of sp³-hybridized carbons (Fsp3) is 0.0476. The standard InChI is InChI=1S/C21H17N5O2/c1-13(27)24-16-7-5-14(6-8-16)15-10-19(17-12-23-26-20(17)11-15)25-21(28)18-4-2-3-9-22-18/h2-12H,1H3,(H,23,26)(H,24,27)(H,25,28). The van der Waals surface area contributed by atoms with Gasteiger partial charge in [0.1, 0.15) is 5.69 Å². The van der Waals surface area contributed by atoms with Gasteiger partial charge < -0.3 is 10.6 Å². The average Bonchev–Trinajstić information content (AvgIpc) is 3.18. The van der Waals surface area contributed by atoms with Crippen LogP contribution in [0.3, 0.4) is 0 Å². The van der Waals surface area contributed by atoms with Crippen molar-refractivity contribution in [2.75, 3.05) is 10.6 Å². The number of benzene rings is 2. The van der Waals surface area contributed by atoms with E-state index in [1.165, 1.54) is 6.92 Å². The first-order valence-corrected chi connectivity index (χ1v) is 8.68. The summed E-state index contributed by atoms with van der Waals surface area (Å²) < 4.78 is 0. The number of aromatic amines is 1. The minimum absolute atomic E-state index is 0.119. The molecular formula is C21H17N5O2. The highest BCUT2D eigenvalue weighted by Gasteiger charge is 2.12. The Morgan fingerprint density at radius 3 is 2.50 bits per heavy atom. The van der Waals surface area contributed by atoms with E-state index in [9.17, 15) is 9.59 Å². The highest BCUT2D eigenvalue weighted by molar-refractivity contribution is 6.08. The van der Waals surface area contributed by atoms with Crippen molar-refractivity contribution in [3.8, 4) is 11.1 Å². The molecule has 2 aromatic heterocycles. The number of H-pyrrole nitrogens is 1. The molecule has 4 rings (SSSR count). The number of nitrogens with zero attached hydrogens (tertiary/aromatic N) is 2. The number of hydrogen-bond donors (Lipinski definition) is 3. The Hall–Kier alpha value is -4.00. The van der Waals surface area contributed by atoms with Crippen molar-refractivity contribution < 1.29 is 9.59 Å². The fourth-order valence-corrected chi connectivity index (χ4v) is 2.95. The normalized spacial score (nSPS) is 10.6. The zero-order valence-electron chi connectivity index (χ0n) is 15.1. The lowest BCUT2D eigenvalue weighted by molar-refractivity contribution is -0.114. The summed E-state index contributed by atoms with van der Waals surface area (Å²) in [5.41, 5.74) is 4.36. The van der Waals surface area contributed by atoms with E-state index >= 15 is 0 Å². The molecule has 0 unspecified atom stereocenters. The lowest BCUT2D eigenvalue weighted by Crippen LogP contribution is -2.13. The van der Waals surface area contributed by atoms with E-state index in [0.717, 1.165) is 27.7 Å². The van der Waals surface area contributed by atoms with Crippen LogP contribution in [0.1, 0.15) is 17.4 Å². The zero-order valence-corrected chi connectivity index (χ0v) is 15.1. The Balaban J connectivity index is 1.69. The third-order valence-corrected chi connectivity index (χ3v) is 4.24. The number of hydrogen-bond acceptors (Lipinski definition) is 4. The molecule has 0 radical (unpaired) electrons. The first-order valence-electron chi connectivity index (χ1n) is 8.68. The van der Waals surface area contributed by atoms with Crippen molar-refractivity contribution >= 4 is 34.1 Å². The van der Waals surface area contributed by atoms with Crippen LogP contribution in [0.15, 0.2) is 67.0 Å². The van der Waals surface area contributed by atoms with Crippen molar-refractivity contribution in [1.29, 1.82) is 0 Å². The van der Waals surface area contributed by atoms with Crippen LogP contribution in [0, 0.1) is 0 Å². The highest BCUT2D eigenvalue weighted by Crippen LogP contribution is 2.31. The lowest BCUT2D eigenvalue weighted by atomic mass is 10.0. The molecule has 2 heterocycles. The molecular weight excluding hydrogens is 354 g/mol. The predicted octanol–water partition coefficient (Wildman–Crippen LogP) is 3.84. The van der Waals surface area contributed by atoms with Gasteiger partial charge in [0, 0.05) is 24.2 Å². The van der Waals surface area contributed by atoms with Gasteiger partial charge in [0.25, 0.3) is 5.91 Å². The van der Waals surface area contributed by atoms with Gasteiger partial charge in [-0.3, -0.25) is 19.7 Å². The van der Waals surface area contributed by atoms with Crippen LogP contribution >= 0.6 is 0 Å². The molecule has 0 spiro atoms. The monoisotopic (exact) mass is 371 g/mol. The summed E-state index contributed by atoms with van der Waals surface area (Å²) in [7, 11) is 0. The number of nitrogens with one attached hydrogen (secondary N) is 3. The number of pyridine rings is 1. The van der Waals surface area contributed by atoms with Crippen LogP contribution in [0.25, 0.3) is 22.0 Å². The van der Waals surface area contributed by atoms with Gasteiger partial charge in [0.15, 0.2) is 0 Å². The second-order valence-corrected chi connectivity index (χ2v) is 6.28. The Morgan fingerprint density at radius 1 is 0.964 bits per heavy atom. The molecule has 7 heteroatoms. The van der Waals surface area contributed by atoms with E-state index in [0.29, 0.717) is 11.4 Å². The van der Waals surface area contributed by atoms with Crippen molar-refractivity contribution in [1.82, 2.24) is 15.2 Å². The van der Waals surface area contributed by atoms with Crippen molar-refractivity contribution in [2.24, 2.45) is 0 Å². The molecule has 28 heavy (non-hydrogen) atoms. The summed E-state index contributed by atoms with van der Waals surface area (Å²) in [5, 5.41) is 13.5. The molecule has 0 aliphatic heterocycles. The predicted molar refractivity (Wildman–Crippen MR) is 108 cm³/mol. The third-order valence-electron chi connectivity index (χ3n) is 4.24. The van der Waals surface area contributed by atoms with Gasteiger partial charge in [-0.2, -0.15) is 5.10 Å². The smallest absolute Gasteiger partial charge is 0.274 e. The summed E-state index contributed by atoms with van der Waals surface area (Å²) in [6.07, 6.45) is 3.25. The van der Waals surface area contributed by atoms with Gasteiger partial charge >= 0.3 is 0 Å². The van der Waals surface area contributed by atoms with E-state index in [1.807, 2.05) is 36.4 Å². The lowest BCUT2D eigenvalue weighted by Gasteiger charge is -2.10. The van der Waals surface area contributed by atoms with E-state index in [-0.39, 0.29) is 11.8 Å². The van der Waals surface area contributed by atoms with Gasteiger partial charge in [-0.1, -0.05) is 18.2 Å². The van der Waals surface area contributed by atoms with Crippen LogP contribution < -0.4 is 10.6 Å². The quantitative estimate of drug-likeness (QED) is 0.507. The summed E-state index contributed by atoms with van der Waals surface area (Å²) >= 11 is 0. The van der Waals surface area contributed by atoms with E-state index < -0.39 is 0 Å². The summed E-state index contributed by atoms with van der Waals surface area (Å²) in [6.45, 7) is 1.47. The maximum absolute atomic E-state index is 12.5. The number of amides is 2. The first kappa shape index (κ1) is 17.4. The molecule has 0 bridgehead atoms. The molecule has 3 N–H and O–H groups in total. The molecule has 0 aliphatic carbocycles. The zero-order chi connectivity index (χ0) is 19.5. The molecule has 0 fully saturated rings. The van der Waals surface area contributed by atoms with Gasteiger partial charge in [-0.05, 0) is 47.5 Å². The summed E-state index contributed by atoms with van der Waals surface area (Å²) in [6, 6.07) is 16.5. The van der Waals surface area contributed by atoms with Crippen LogP contribution in [0.2, 0.25) is 0 Å². The van der Waals surface area contributed by atoms with Crippen LogP contribution in [-0.4, -0.2) is 27.0 Å². The van der Waals surface area contributed by atoms with E-state index in [4.69, 9.17) is 0 Å². The molecule has 0 aliphatic rings. The van der Waals surface area contributed by atoms with Crippen LogP contribution in [-0.2, 0) is 4.79 Å². The third kappa shape index (κ3) is 3.59. The molecule has 2 amide bonds. The Kier molecular flexibility index (Phi) is 4.55. The Bertz CT molecular complexity index is 1150. The summed E-state index contributed by atoms with van der Waals surface area (Å²) in [4.78, 5) is 27.8. The highest BCUT2D eigenvalue weighted by atomic mass is 16.2. The van der Waals surface area contributed by atoms with Gasteiger partial charge in [0.05, 0.1) is 17.4 Å². The number of carbonyl (C=O) groups excluding carboxylic acids is 2. The van der Waals surface area contributed by atoms with Gasteiger partial charge in [-0.15, -0.1) is 0 Å². The number of rotatable bonds is 4. The molecule has 4 aromatic rings. The second kappa shape index (κ2) is 7.32. The number of aromatic nitrogens is 3. The van der Waals surface area contributed by atoms with E-state index in [1.54, 1.807) is 30.6 Å². The molecule has 2 aromatic carbocycles. The molecule has 7 nitrogen and oxygen atoms in total. The number of fused-ring (bicyclic) bond motifs is 1. The molecule has 0 atom stereocenters. The topological polar surface area (TPSA) is 99.8 Å². The van der Waals surface area contributed by atoms with Gasteiger partial charge in [0.2, 0.25) is 5.91 Å². The molecule has 0 saturated heterocycles. The van der Waals surface area contributed by atoms with Crippen LogP contribution in [0.5, 0.6) is 0 Å². The number of anilines is 2. The SMILES string of the molecule is CC(=O)Nc1ccc(-c2cc(NC(=O)c3ccccn3)c3cn[nH]c3c2)cc1. The van der Waals surface area contributed by atoms with Gasteiger partial charge in [-0.25, -0.2) is 0 Å². The fourth-order valence-electron chi connectivity index (χ4n) is 2.95. The largest absolute Gasteiger partial charge is 0.326 e. The second-order valence-electron chi connectivity index (χ2n) is 6.28. The molecule has 0 saturated carbocycles. The minimum atomic E-state index is -0.291. The maximum atomic E-state index is 12.5. The average molecular weight is 371 g/mol. The molecule has 138 valence electrons.